The standard InChI is InChI=1S/C14H22O2/c1-9(2)11-8-7-10(3)12(13(11)16-15)14(4,5)6/h7-9,15H,1-6H3. The van der Waals surface area contributed by atoms with Gasteiger partial charge in [-0.3, -0.25) is 0 Å². The lowest BCUT2D eigenvalue weighted by Crippen LogP contribution is -2.16. The molecule has 1 aromatic rings. The van der Waals surface area contributed by atoms with Gasteiger partial charge in [-0.25, -0.2) is 5.26 Å². The van der Waals surface area contributed by atoms with E-state index >= 15 is 0 Å². The van der Waals surface area contributed by atoms with Crippen LogP contribution in [0, 0.1) is 6.92 Å². The maximum absolute atomic E-state index is 9.14. The molecule has 0 heterocycles. The molecule has 0 atom stereocenters. The van der Waals surface area contributed by atoms with Gasteiger partial charge in [0, 0.05) is 11.1 Å². The van der Waals surface area contributed by atoms with E-state index in [1.807, 2.05) is 13.0 Å². The van der Waals surface area contributed by atoms with Crippen LogP contribution < -0.4 is 4.89 Å². The Morgan fingerprint density at radius 2 is 1.75 bits per heavy atom. The van der Waals surface area contributed by atoms with Crippen LogP contribution >= 0.6 is 0 Å². The highest BCUT2D eigenvalue weighted by atomic mass is 17.1. The van der Waals surface area contributed by atoms with Gasteiger partial charge in [0.2, 0.25) is 0 Å². The Balaban J connectivity index is 3.51. The van der Waals surface area contributed by atoms with Crippen LogP contribution in [-0.2, 0) is 5.41 Å². The first-order valence-electron chi connectivity index (χ1n) is 5.74. The van der Waals surface area contributed by atoms with Gasteiger partial charge in [-0.05, 0) is 23.8 Å². The molecular weight excluding hydrogens is 200 g/mol. The minimum atomic E-state index is -0.0347. The smallest absolute Gasteiger partial charge is 0.172 e. The predicted molar refractivity (Wildman–Crippen MR) is 67.2 cm³/mol. The average Bonchev–Trinajstić information content (AvgIpc) is 2.14. The summed E-state index contributed by atoms with van der Waals surface area (Å²) in [6, 6.07) is 4.12. The second-order valence-electron chi connectivity index (χ2n) is 5.67. The normalized spacial score (nSPS) is 12.0. The van der Waals surface area contributed by atoms with Gasteiger partial charge in [-0.2, -0.15) is 0 Å². The zero-order valence-corrected chi connectivity index (χ0v) is 11.1. The molecule has 0 aliphatic carbocycles. The number of hydrogen-bond donors (Lipinski definition) is 1. The summed E-state index contributed by atoms with van der Waals surface area (Å²) in [4.78, 5) is 4.65. The molecule has 1 N–H and O–H groups in total. The zero-order valence-electron chi connectivity index (χ0n) is 11.1. The largest absolute Gasteiger partial charge is 0.340 e. The SMILES string of the molecule is Cc1ccc(C(C)C)c(OO)c1C(C)(C)C. The van der Waals surface area contributed by atoms with Crippen LogP contribution in [0.25, 0.3) is 0 Å². The molecule has 16 heavy (non-hydrogen) atoms. The van der Waals surface area contributed by atoms with Gasteiger partial charge < -0.3 is 4.89 Å². The molecular formula is C14H22O2. The van der Waals surface area contributed by atoms with Gasteiger partial charge in [0.25, 0.3) is 0 Å². The lowest BCUT2D eigenvalue weighted by molar-refractivity contribution is -0.139. The van der Waals surface area contributed by atoms with E-state index in [0.29, 0.717) is 11.7 Å². The third-order valence-electron chi connectivity index (χ3n) is 2.86. The summed E-state index contributed by atoms with van der Waals surface area (Å²) in [5.74, 6) is 0.964. The van der Waals surface area contributed by atoms with E-state index in [1.54, 1.807) is 0 Å². The number of hydrogen-bond acceptors (Lipinski definition) is 2. The Labute approximate surface area is 98.2 Å². The lowest BCUT2D eigenvalue weighted by Gasteiger charge is -2.26. The van der Waals surface area contributed by atoms with Gasteiger partial charge in [0.1, 0.15) is 0 Å². The first-order chi connectivity index (χ1) is 7.29. The fourth-order valence-corrected chi connectivity index (χ4v) is 2.18. The molecule has 0 aliphatic heterocycles. The summed E-state index contributed by atoms with van der Waals surface area (Å²) in [5.41, 5.74) is 3.26. The Kier molecular flexibility index (Phi) is 3.64. The molecule has 1 rings (SSSR count). The number of aryl methyl sites for hydroxylation is 1. The lowest BCUT2D eigenvalue weighted by atomic mass is 9.81. The third kappa shape index (κ3) is 2.38. The Morgan fingerprint density at radius 3 is 2.12 bits per heavy atom. The number of benzene rings is 1. The molecule has 0 radical (unpaired) electrons. The fourth-order valence-electron chi connectivity index (χ4n) is 2.18. The van der Waals surface area contributed by atoms with Crippen LogP contribution in [0.1, 0.15) is 57.2 Å². The Morgan fingerprint density at radius 1 is 1.19 bits per heavy atom. The summed E-state index contributed by atoms with van der Waals surface area (Å²) >= 11 is 0. The summed E-state index contributed by atoms with van der Waals surface area (Å²) < 4.78 is 0. The van der Waals surface area contributed by atoms with Gasteiger partial charge in [0.05, 0.1) is 0 Å². The second kappa shape index (κ2) is 4.46. The van der Waals surface area contributed by atoms with Gasteiger partial charge in [-0.1, -0.05) is 46.8 Å². The molecule has 0 fully saturated rings. The molecule has 0 spiro atoms. The van der Waals surface area contributed by atoms with E-state index in [0.717, 1.165) is 16.7 Å². The third-order valence-corrected chi connectivity index (χ3v) is 2.86. The predicted octanol–water partition coefficient (Wildman–Crippen LogP) is 4.27. The summed E-state index contributed by atoms with van der Waals surface area (Å²) in [5, 5.41) is 9.14. The van der Waals surface area contributed by atoms with E-state index in [9.17, 15) is 0 Å². The van der Waals surface area contributed by atoms with Crippen molar-refractivity contribution in [2.24, 2.45) is 0 Å². The first-order valence-corrected chi connectivity index (χ1v) is 5.74. The van der Waals surface area contributed by atoms with E-state index in [1.165, 1.54) is 0 Å². The zero-order chi connectivity index (χ0) is 12.5. The molecule has 0 saturated carbocycles. The Hall–Kier alpha value is -1.02. The van der Waals surface area contributed by atoms with Crippen LogP contribution in [-0.4, -0.2) is 5.26 Å². The highest BCUT2D eigenvalue weighted by molar-refractivity contribution is 5.50. The maximum atomic E-state index is 9.14. The van der Waals surface area contributed by atoms with Gasteiger partial charge in [0.15, 0.2) is 5.75 Å². The van der Waals surface area contributed by atoms with Gasteiger partial charge in [-0.15, -0.1) is 0 Å². The van der Waals surface area contributed by atoms with Gasteiger partial charge >= 0.3 is 0 Å². The van der Waals surface area contributed by atoms with Crippen molar-refractivity contribution < 1.29 is 10.1 Å². The number of rotatable bonds is 2. The molecule has 2 heteroatoms. The van der Waals surface area contributed by atoms with Crippen LogP contribution in [0.4, 0.5) is 0 Å². The second-order valence-corrected chi connectivity index (χ2v) is 5.67. The summed E-state index contributed by atoms with van der Waals surface area (Å²) in [7, 11) is 0. The molecule has 0 amide bonds. The van der Waals surface area contributed by atoms with Crippen molar-refractivity contribution in [1.29, 1.82) is 0 Å². The average molecular weight is 222 g/mol. The summed E-state index contributed by atoms with van der Waals surface area (Å²) in [6.07, 6.45) is 0. The minimum Gasteiger partial charge on any atom is -0.340 e. The van der Waals surface area contributed by atoms with Crippen LogP contribution in [0.5, 0.6) is 5.75 Å². The molecule has 2 nitrogen and oxygen atoms in total. The van der Waals surface area contributed by atoms with E-state index in [-0.39, 0.29) is 5.41 Å². The van der Waals surface area contributed by atoms with Crippen LogP contribution in [0.2, 0.25) is 0 Å². The van der Waals surface area contributed by atoms with Crippen molar-refractivity contribution in [2.45, 2.75) is 52.9 Å². The maximum Gasteiger partial charge on any atom is 0.172 e. The van der Waals surface area contributed by atoms with Crippen molar-refractivity contribution in [3.05, 3.63) is 28.8 Å². The fraction of sp³-hybridized carbons (Fsp3) is 0.571. The Bertz CT molecular complexity index is 373. The van der Waals surface area contributed by atoms with E-state index < -0.39 is 0 Å². The molecule has 0 bridgehead atoms. The first kappa shape index (κ1) is 13.0. The molecule has 0 aliphatic rings. The van der Waals surface area contributed by atoms with E-state index in [4.69, 9.17) is 5.26 Å². The minimum absolute atomic E-state index is 0.0347. The molecule has 1 aromatic carbocycles. The van der Waals surface area contributed by atoms with Crippen molar-refractivity contribution in [2.75, 3.05) is 0 Å². The van der Waals surface area contributed by atoms with Crippen molar-refractivity contribution in [3.8, 4) is 5.75 Å². The molecule has 0 saturated heterocycles. The van der Waals surface area contributed by atoms with Crippen molar-refractivity contribution in [3.63, 3.8) is 0 Å². The monoisotopic (exact) mass is 222 g/mol. The quantitative estimate of drug-likeness (QED) is 0.598. The topological polar surface area (TPSA) is 29.5 Å². The summed E-state index contributed by atoms with van der Waals surface area (Å²) in [6.45, 7) is 12.6. The van der Waals surface area contributed by atoms with Crippen LogP contribution in [0.15, 0.2) is 12.1 Å². The van der Waals surface area contributed by atoms with Crippen LogP contribution in [0.3, 0.4) is 0 Å². The van der Waals surface area contributed by atoms with Crippen molar-refractivity contribution >= 4 is 0 Å². The highest BCUT2D eigenvalue weighted by Crippen LogP contribution is 2.39. The molecule has 0 aromatic heterocycles. The van der Waals surface area contributed by atoms with E-state index in [2.05, 4.69) is 45.6 Å². The molecule has 0 unspecified atom stereocenters. The van der Waals surface area contributed by atoms with Crippen molar-refractivity contribution in [1.82, 2.24) is 0 Å². The highest BCUT2D eigenvalue weighted by Gasteiger charge is 2.25. The molecule has 90 valence electrons.